The molecule has 0 saturated carbocycles. The van der Waals surface area contributed by atoms with E-state index in [-0.39, 0.29) is 21.2 Å². The fourth-order valence-electron chi connectivity index (χ4n) is 0.352. The average Bonchev–Trinajstić information content (AvgIpc) is 1.69. The second-order valence-corrected chi connectivity index (χ2v) is 3.71. The van der Waals surface area contributed by atoms with E-state index in [0.717, 1.165) is 4.43 Å². The van der Waals surface area contributed by atoms with Crippen LogP contribution in [0.5, 0.6) is 0 Å². The molecule has 1 heterocycles. The Morgan fingerprint density at radius 1 is 1.71 bits per heavy atom. The standard InChI is InChI=1S/C5H6IO/c7-5-1-3-6-4-2-5/h1-3,7H,4H2/q-1. The molecule has 0 aromatic heterocycles. The van der Waals surface area contributed by atoms with Crippen molar-refractivity contribution in [3.8, 4) is 0 Å². The van der Waals surface area contributed by atoms with E-state index in [9.17, 15) is 0 Å². The van der Waals surface area contributed by atoms with E-state index in [1.54, 1.807) is 6.08 Å². The molecule has 0 saturated heterocycles. The van der Waals surface area contributed by atoms with E-state index in [1.165, 1.54) is 0 Å². The number of halogens is 1. The van der Waals surface area contributed by atoms with Crippen molar-refractivity contribution >= 4 is 0 Å². The van der Waals surface area contributed by atoms with Crippen LogP contribution in [0.15, 0.2) is 22.0 Å². The Morgan fingerprint density at radius 2 is 2.57 bits per heavy atom. The van der Waals surface area contributed by atoms with Gasteiger partial charge in [-0.2, -0.15) is 0 Å². The minimum absolute atomic E-state index is 0.271. The van der Waals surface area contributed by atoms with Gasteiger partial charge in [-0.05, 0) is 0 Å². The molecule has 1 nitrogen and oxygen atoms in total. The van der Waals surface area contributed by atoms with Crippen LogP contribution in [0.3, 0.4) is 0 Å². The van der Waals surface area contributed by atoms with Crippen LogP contribution in [-0.4, -0.2) is 9.53 Å². The molecular weight excluding hydrogens is 203 g/mol. The summed E-state index contributed by atoms with van der Waals surface area (Å²) >= 11 is 0.271. The van der Waals surface area contributed by atoms with Gasteiger partial charge in [0.05, 0.1) is 0 Å². The Hall–Kier alpha value is 0.01000. The Balaban J connectivity index is 2.58. The molecule has 0 atom stereocenters. The number of alkyl halides is 1. The van der Waals surface area contributed by atoms with Crippen molar-refractivity contribution in [3.05, 3.63) is 22.0 Å². The van der Waals surface area contributed by atoms with Crippen LogP contribution in [0.25, 0.3) is 0 Å². The topological polar surface area (TPSA) is 20.2 Å². The Labute approximate surface area is 53.0 Å². The fraction of sp³-hybridized carbons (Fsp3) is 0.200. The molecule has 0 radical (unpaired) electrons. The van der Waals surface area contributed by atoms with Crippen molar-refractivity contribution in [1.82, 2.24) is 0 Å². The molecule has 2 heteroatoms. The van der Waals surface area contributed by atoms with E-state index in [0.29, 0.717) is 5.76 Å². The zero-order valence-corrected chi connectivity index (χ0v) is 5.92. The van der Waals surface area contributed by atoms with Gasteiger partial charge in [-0.3, -0.25) is 0 Å². The van der Waals surface area contributed by atoms with Gasteiger partial charge in [-0.15, -0.1) is 0 Å². The minimum atomic E-state index is 0.271. The molecule has 40 valence electrons. The molecule has 1 aliphatic rings. The first-order chi connectivity index (χ1) is 3.39. The van der Waals surface area contributed by atoms with Gasteiger partial charge in [-0.25, -0.2) is 0 Å². The van der Waals surface area contributed by atoms with Gasteiger partial charge in [0.15, 0.2) is 0 Å². The van der Waals surface area contributed by atoms with Crippen LogP contribution >= 0.6 is 0 Å². The second kappa shape index (κ2) is 2.35. The summed E-state index contributed by atoms with van der Waals surface area (Å²) in [5.41, 5.74) is 0. The van der Waals surface area contributed by atoms with E-state index >= 15 is 0 Å². The van der Waals surface area contributed by atoms with Crippen molar-refractivity contribution in [1.29, 1.82) is 0 Å². The molecule has 0 bridgehead atoms. The number of hydrogen-bond donors (Lipinski definition) is 1. The second-order valence-electron chi connectivity index (χ2n) is 1.23. The molecule has 0 aromatic rings. The molecule has 0 spiro atoms. The first kappa shape index (κ1) is 5.15. The monoisotopic (exact) mass is 209 g/mol. The quantitative estimate of drug-likeness (QED) is 0.363. The van der Waals surface area contributed by atoms with Crippen molar-refractivity contribution in [2.24, 2.45) is 0 Å². The summed E-state index contributed by atoms with van der Waals surface area (Å²) < 4.78 is 3.18. The number of allylic oxidation sites excluding steroid dienone is 2. The van der Waals surface area contributed by atoms with Crippen molar-refractivity contribution in [2.75, 3.05) is 4.43 Å². The van der Waals surface area contributed by atoms with E-state index in [1.807, 2.05) is 6.08 Å². The number of rotatable bonds is 0. The third kappa shape index (κ3) is 1.51. The summed E-state index contributed by atoms with van der Waals surface area (Å²) in [6.45, 7) is 0. The molecule has 0 aliphatic carbocycles. The van der Waals surface area contributed by atoms with Crippen molar-refractivity contribution in [2.45, 2.75) is 0 Å². The van der Waals surface area contributed by atoms with Crippen LogP contribution in [0.1, 0.15) is 0 Å². The summed E-state index contributed by atoms with van der Waals surface area (Å²) in [7, 11) is 0. The summed E-state index contributed by atoms with van der Waals surface area (Å²) in [6, 6.07) is 0. The molecule has 1 aliphatic heterocycles. The third-order valence-electron chi connectivity index (χ3n) is 0.698. The predicted octanol–water partition coefficient (Wildman–Crippen LogP) is -1.96. The summed E-state index contributed by atoms with van der Waals surface area (Å²) in [4.78, 5) is 0. The van der Waals surface area contributed by atoms with Gasteiger partial charge >= 0.3 is 52.7 Å². The normalized spacial score (nSPS) is 20.3. The van der Waals surface area contributed by atoms with Crippen molar-refractivity contribution in [3.63, 3.8) is 0 Å². The first-order valence-electron chi connectivity index (χ1n) is 2.03. The summed E-state index contributed by atoms with van der Waals surface area (Å²) in [5.74, 6) is 0.436. The molecule has 0 fully saturated rings. The summed E-state index contributed by atoms with van der Waals surface area (Å²) in [5, 5.41) is 8.70. The Kier molecular flexibility index (Phi) is 1.73. The summed E-state index contributed by atoms with van der Waals surface area (Å²) in [6.07, 6.45) is 3.64. The third-order valence-corrected chi connectivity index (χ3v) is 2.52. The maximum absolute atomic E-state index is 8.70. The molecule has 1 N–H and O–H groups in total. The van der Waals surface area contributed by atoms with Gasteiger partial charge in [0.2, 0.25) is 0 Å². The molecule has 0 amide bonds. The van der Waals surface area contributed by atoms with Gasteiger partial charge < -0.3 is 0 Å². The zero-order valence-electron chi connectivity index (χ0n) is 3.76. The molecule has 1 rings (SSSR count). The Morgan fingerprint density at radius 3 is 2.86 bits per heavy atom. The number of hydrogen-bond acceptors (Lipinski definition) is 1. The number of aliphatic hydroxyl groups excluding tert-OH is 1. The van der Waals surface area contributed by atoms with E-state index in [4.69, 9.17) is 5.11 Å². The van der Waals surface area contributed by atoms with Gasteiger partial charge in [0.1, 0.15) is 0 Å². The molecule has 7 heavy (non-hydrogen) atoms. The maximum atomic E-state index is 8.70. The first-order valence-corrected chi connectivity index (χ1v) is 4.80. The fourth-order valence-corrected chi connectivity index (χ4v) is 1.97. The van der Waals surface area contributed by atoms with Gasteiger partial charge in [0.25, 0.3) is 0 Å². The van der Waals surface area contributed by atoms with Gasteiger partial charge in [-0.1, -0.05) is 0 Å². The SMILES string of the molecule is OC1=CC[I-]C=C1. The van der Waals surface area contributed by atoms with Crippen LogP contribution in [0, 0.1) is 0 Å². The van der Waals surface area contributed by atoms with Crippen LogP contribution in [0.4, 0.5) is 0 Å². The van der Waals surface area contributed by atoms with Crippen LogP contribution < -0.4 is 21.2 Å². The Bertz CT molecular complexity index is 115. The molecule has 0 aromatic carbocycles. The van der Waals surface area contributed by atoms with E-state index < -0.39 is 0 Å². The van der Waals surface area contributed by atoms with Crippen molar-refractivity contribution < 1.29 is 26.3 Å². The molecular formula is C5H6IO-. The van der Waals surface area contributed by atoms with Gasteiger partial charge in [0, 0.05) is 0 Å². The molecule has 0 unspecified atom stereocenters. The number of aliphatic hydroxyl groups is 1. The average molecular weight is 209 g/mol. The van der Waals surface area contributed by atoms with E-state index in [2.05, 4.69) is 4.08 Å². The van der Waals surface area contributed by atoms with Crippen LogP contribution in [0.2, 0.25) is 0 Å². The zero-order chi connectivity index (χ0) is 5.11. The predicted molar refractivity (Wildman–Crippen MR) is 24.7 cm³/mol. The van der Waals surface area contributed by atoms with Crippen LogP contribution in [-0.2, 0) is 0 Å².